The normalized spacial score (nSPS) is 17.7. The van der Waals surface area contributed by atoms with E-state index in [1.165, 1.54) is 21.9 Å². The highest BCUT2D eigenvalue weighted by molar-refractivity contribution is 5.90. The molecule has 3 heterocycles. The molecule has 1 saturated heterocycles. The largest absolute Gasteiger partial charge is 0.496 e. The Hall–Kier alpha value is -4.29. The number of hydrogen-bond acceptors (Lipinski definition) is 11. The summed E-state index contributed by atoms with van der Waals surface area (Å²) >= 11 is 0. The van der Waals surface area contributed by atoms with Gasteiger partial charge in [-0.2, -0.15) is 5.06 Å². The maximum absolute atomic E-state index is 12.9. The number of aromatic amines is 1. The first kappa shape index (κ1) is 33.1. The van der Waals surface area contributed by atoms with Crippen LogP contribution in [-0.4, -0.2) is 68.8 Å². The number of aryl methyl sites for hydroxylation is 2. The zero-order valence-corrected chi connectivity index (χ0v) is 26.9. The quantitative estimate of drug-likeness (QED) is 0.151. The van der Waals surface area contributed by atoms with Crippen molar-refractivity contribution in [2.75, 3.05) is 42.0 Å². The van der Waals surface area contributed by atoms with Crippen molar-refractivity contribution in [2.45, 2.75) is 51.2 Å². The van der Waals surface area contributed by atoms with Crippen molar-refractivity contribution in [3.05, 3.63) is 83.8 Å². The molecule has 1 aliphatic carbocycles. The number of nitrogens with one attached hydrogen (secondary N) is 2. The van der Waals surface area contributed by atoms with Crippen molar-refractivity contribution in [3.63, 3.8) is 0 Å². The molecule has 2 N–H and O–H groups in total. The molecule has 2 aromatic rings. The standard InChI is InChI=1S/C33H38N4O9/c1-18-12-22-27(14-24(18)38)44-28-15-26(42-7)19(2)13-23(28)30(22)31(46-36(4)5)25(45-34-3)10-8-20-16-37(33(40)35-32(20)39)29-11-9-21(43-29)17-41-6/h12-16,21,25,29,31,34H,9,11,17H2,1-7H3,(H,35,39,40)/t21-,25?,29+,31?/m0/s1. The van der Waals surface area contributed by atoms with Gasteiger partial charge >= 0.3 is 5.69 Å². The van der Waals surface area contributed by atoms with Gasteiger partial charge in [0.1, 0.15) is 35.0 Å². The van der Waals surface area contributed by atoms with Crippen LogP contribution in [0.5, 0.6) is 5.75 Å². The van der Waals surface area contributed by atoms with Crippen molar-refractivity contribution in [2.24, 2.45) is 0 Å². The maximum atomic E-state index is 12.9. The van der Waals surface area contributed by atoms with Gasteiger partial charge in [-0.05, 0) is 49.9 Å². The lowest BCUT2D eigenvalue weighted by molar-refractivity contribution is -0.204. The van der Waals surface area contributed by atoms with Gasteiger partial charge in [0.15, 0.2) is 11.5 Å². The number of benzene rings is 2. The zero-order valence-electron chi connectivity index (χ0n) is 26.9. The third-order valence-corrected chi connectivity index (χ3v) is 7.77. The predicted molar refractivity (Wildman–Crippen MR) is 170 cm³/mol. The first-order valence-corrected chi connectivity index (χ1v) is 14.8. The average Bonchev–Trinajstić information content (AvgIpc) is 3.47. The van der Waals surface area contributed by atoms with Gasteiger partial charge in [-0.3, -0.25) is 28.8 Å². The third-order valence-electron chi connectivity index (χ3n) is 7.77. The van der Waals surface area contributed by atoms with Crippen molar-refractivity contribution in [1.82, 2.24) is 20.1 Å². The fourth-order valence-electron chi connectivity index (χ4n) is 5.64. The number of H-pyrrole nitrogens is 1. The van der Waals surface area contributed by atoms with Gasteiger partial charge in [0.25, 0.3) is 5.56 Å². The second-order valence-corrected chi connectivity index (χ2v) is 11.3. The lowest BCUT2D eigenvalue weighted by atomic mass is 9.91. The summed E-state index contributed by atoms with van der Waals surface area (Å²) in [6, 6.07) is 6.87. The monoisotopic (exact) mass is 634 g/mol. The molecular weight excluding hydrogens is 596 g/mol. The van der Waals surface area contributed by atoms with Gasteiger partial charge in [0, 0.05) is 63.1 Å². The van der Waals surface area contributed by atoms with E-state index < -0.39 is 29.7 Å². The molecule has 4 atom stereocenters. The van der Waals surface area contributed by atoms with Gasteiger partial charge in [-0.15, -0.1) is 0 Å². The van der Waals surface area contributed by atoms with Gasteiger partial charge in [0.05, 0.1) is 19.8 Å². The molecule has 46 heavy (non-hydrogen) atoms. The fourth-order valence-corrected chi connectivity index (χ4v) is 5.64. The summed E-state index contributed by atoms with van der Waals surface area (Å²) in [7, 11) is 8.19. The predicted octanol–water partition coefficient (Wildman–Crippen LogP) is 2.80. The summed E-state index contributed by atoms with van der Waals surface area (Å²) in [4.78, 5) is 52.9. The topological polar surface area (TPSA) is 146 Å². The Morgan fingerprint density at radius 2 is 1.89 bits per heavy atom. The number of methoxy groups -OCH3 is 2. The summed E-state index contributed by atoms with van der Waals surface area (Å²) in [5, 5.41) is 2.21. The Balaban J connectivity index is 1.67. The van der Waals surface area contributed by atoms with Crippen molar-refractivity contribution in [1.29, 1.82) is 0 Å². The highest BCUT2D eigenvalue weighted by atomic mass is 16.7. The zero-order chi connectivity index (χ0) is 33.1. The van der Waals surface area contributed by atoms with E-state index in [-0.39, 0.29) is 17.1 Å². The number of rotatable bonds is 10. The first-order valence-electron chi connectivity index (χ1n) is 14.8. The Bertz CT molecular complexity index is 1930. The van der Waals surface area contributed by atoms with Gasteiger partial charge in [-0.1, -0.05) is 11.8 Å². The molecule has 1 aromatic heterocycles. The molecule has 3 aliphatic rings. The number of aromatic nitrogens is 2. The summed E-state index contributed by atoms with van der Waals surface area (Å²) in [6.45, 7) is 4.04. The van der Waals surface area contributed by atoms with E-state index >= 15 is 0 Å². The van der Waals surface area contributed by atoms with Gasteiger partial charge in [0.2, 0.25) is 0 Å². The van der Waals surface area contributed by atoms with E-state index in [1.807, 2.05) is 13.0 Å². The maximum Gasteiger partial charge on any atom is 0.330 e. The molecule has 13 heteroatoms. The molecule has 1 fully saturated rings. The third kappa shape index (κ3) is 6.78. The SMILES string of the molecule is CNOC(C#Cc1cn([C@H]2CC[C@@H](COC)O2)c(=O)[nH]c1=O)C(ON(C)C)c1c2cc(C)c(=O)cc-2oc2cc(OC)c(C)cc12. The molecule has 1 aromatic carbocycles. The van der Waals surface area contributed by atoms with Crippen LogP contribution < -0.4 is 26.9 Å². The number of hydroxylamine groups is 3. The lowest BCUT2D eigenvalue weighted by Crippen LogP contribution is -2.34. The Labute approximate surface area is 265 Å². The number of fused-ring (bicyclic) bond motifs is 2. The van der Waals surface area contributed by atoms with Crippen molar-refractivity contribution in [3.8, 4) is 28.9 Å². The molecule has 5 rings (SSSR count). The van der Waals surface area contributed by atoms with Crippen LogP contribution in [0, 0.1) is 25.7 Å². The highest BCUT2D eigenvalue weighted by Crippen LogP contribution is 2.42. The van der Waals surface area contributed by atoms with Crippen molar-refractivity contribution >= 4 is 11.0 Å². The smallest absolute Gasteiger partial charge is 0.330 e. The summed E-state index contributed by atoms with van der Waals surface area (Å²) < 4.78 is 24.2. The van der Waals surface area contributed by atoms with Crippen LogP contribution in [0.25, 0.3) is 22.3 Å². The molecule has 2 unspecified atom stereocenters. The van der Waals surface area contributed by atoms with Gasteiger partial charge < -0.3 is 18.6 Å². The second-order valence-electron chi connectivity index (χ2n) is 11.3. The van der Waals surface area contributed by atoms with E-state index in [0.717, 1.165) is 5.56 Å². The van der Waals surface area contributed by atoms with Crippen LogP contribution in [0.15, 0.2) is 49.3 Å². The molecule has 2 aliphatic heterocycles. The van der Waals surface area contributed by atoms with E-state index in [0.29, 0.717) is 58.6 Å². The van der Waals surface area contributed by atoms with Gasteiger partial charge in [-0.25, -0.2) is 10.3 Å². The van der Waals surface area contributed by atoms with E-state index in [4.69, 9.17) is 28.3 Å². The van der Waals surface area contributed by atoms with Crippen LogP contribution in [0.4, 0.5) is 0 Å². The average molecular weight is 635 g/mol. The van der Waals surface area contributed by atoms with E-state index in [1.54, 1.807) is 54.4 Å². The van der Waals surface area contributed by atoms with Crippen molar-refractivity contribution < 1.29 is 28.3 Å². The molecule has 0 amide bonds. The number of ether oxygens (including phenoxy) is 3. The lowest BCUT2D eigenvalue weighted by Gasteiger charge is -2.29. The summed E-state index contributed by atoms with van der Waals surface area (Å²) in [5.74, 6) is 6.90. The van der Waals surface area contributed by atoms with Crippen LogP contribution in [-0.2, 0) is 19.1 Å². The molecular formula is C33H38N4O9. The van der Waals surface area contributed by atoms with Crippen LogP contribution >= 0.6 is 0 Å². The van der Waals surface area contributed by atoms with Crippen LogP contribution in [0.2, 0.25) is 0 Å². The van der Waals surface area contributed by atoms with E-state index in [2.05, 4.69) is 22.3 Å². The summed E-state index contributed by atoms with van der Waals surface area (Å²) in [6.07, 6.45) is 0.0326. The first-order chi connectivity index (χ1) is 22.0. The molecule has 0 bridgehead atoms. The minimum absolute atomic E-state index is 0.0388. The molecule has 13 nitrogen and oxygen atoms in total. The number of hydrogen-bond donors (Lipinski definition) is 2. The minimum atomic E-state index is -1.01. The van der Waals surface area contributed by atoms with Crippen LogP contribution in [0.1, 0.15) is 47.4 Å². The molecule has 244 valence electrons. The molecule has 0 radical (unpaired) electrons. The second kappa shape index (κ2) is 14.0. The molecule has 0 saturated carbocycles. The number of nitrogens with zero attached hydrogens (tertiary/aromatic N) is 2. The highest BCUT2D eigenvalue weighted by Gasteiger charge is 2.33. The Kier molecular flexibility index (Phi) is 10.1. The fraction of sp³-hybridized carbons (Fsp3) is 0.424. The Morgan fingerprint density at radius 3 is 2.59 bits per heavy atom. The summed E-state index contributed by atoms with van der Waals surface area (Å²) in [5.41, 5.74) is 4.42. The van der Waals surface area contributed by atoms with Crippen LogP contribution in [0.3, 0.4) is 0 Å². The Morgan fingerprint density at radius 1 is 1.11 bits per heavy atom. The van der Waals surface area contributed by atoms with E-state index in [9.17, 15) is 14.4 Å². The molecule has 0 spiro atoms. The minimum Gasteiger partial charge on any atom is -0.496 e.